The Labute approximate surface area is 174 Å². The Morgan fingerprint density at radius 2 is 2.14 bits per heavy atom. The number of para-hydroxylation sites is 1. The second kappa shape index (κ2) is 8.88. The number of hydrogen-bond acceptors (Lipinski definition) is 5. The third-order valence-electron chi connectivity index (χ3n) is 5.55. The standard InChI is InChI=1S/C22H26N4O2S/c1-2-16-7-5-6-12-26(16)14-15-10-11-17(22(28)24-15)21(27)23-13-20-25-18-8-3-4-9-19(18)29-20/h3-4,8-11,16H,2,5-7,12-14H2,1H3,(H,23,27)(H,24,28). The van der Waals surface area contributed by atoms with Crippen LogP contribution in [0.15, 0.2) is 41.2 Å². The third kappa shape index (κ3) is 4.57. The van der Waals surface area contributed by atoms with Gasteiger partial charge in [0.2, 0.25) is 0 Å². The van der Waals surface area contributed by atoms with E-state index in [1.54, 1.807) is 17.4 Å². The molecule has 1 fully saturated rings. The molecule has 0 saturated carbocycles. The topological polar surface area (TPSA) is 78.1 Å². The van der Waals surface area contributed by atoms with Crippen LogP contribution < -0.4 is 10.9 Å². The molecule has 152 valence electrons. The number of nitrogens with one attached hydrogen (secondary N) is 2. The van der Waals surface area contributed by atoms with Gasteiger partial charge in [0.1, 0.15) is 10.6 Å². The minimum atomic E-state index is -0.374. The van der Waals surface area contributed by atoms with Gasteiger partial charge in [-0.25, -0.2) is 4.98 Å². The van der Waals surface area contributed by atoms with Crippen molar-refractivity contribution in [3.8, 4) is 0 Å². The molecular weight excluding hydrogens is 384 g/mol. The van der Waals surface area contributed by atoms with E-state index in [1.165, 1.54) is 19.3 Å². The molecule has 2 aromatic heterocycles. The van der Waals surface area contributed by atoms with E-state index in [-0.39, 0.29) is 17.0 Å². The molecule has 0 spiro atoms. The van der Waals surface area contributed by atoms with Gasteiger partial charge in [-0.15, -0.1) is 11.3 Å². The highest BCUT2D eigenvalue weighted by Gasteiger charge is 2.21. The number of carbonyl (C=O) groups is 1. The van der Waals surface area contributed by atoms with Gasteiger partial charge >= 0.3 is 0 Å². The lowest BCUT2D eigenvalue weighted by Gasteiger charge is -2.35. The largest absolute Gasteiger partial charge is 0.345 e. The highest BCUT2D eigenvalue weighted by molar-refractivity contribution is 7.18. The number of benzene rings is 1. The summed E-state index contributed by atoms with van der Waals surface area (Å²) in [6, 6.07) is 11.9. The predicted molar refractivity (Wildman–Crippen MR) is 116 cm³/mol. The minimum absolute atomic E-state index is 0.139. The van der Waals surface area contributed by atoms with Crippen molar-refractivity contribution >= 4 is 27.5 Å². The van der Waals surface area contributed by atoms with Gasteiger partial charge in [-0.2, -0.15) is 0 Å². The lowest BCUT2D eigenvalue weighted by Crippen LogP contribution is -2.39. The normalized spacial score (nSPS) is 17.5. The smallest absolute Gasteiger partial charge is 0.261 e. The number of rotatable bonds is 6. The van der Waals surface area contributed by atoms with Crippen LogP contribution in [0.4, 0.5) is 0 Å². The Kier molecular flexibility index (Phi) is 6.06. The van der Waals surface area contributed by atoms with Crippen molar-refractivity contribution in [2.24, 2.45) is 0 Å². The lowest BCUT2D eigenvalue weighted by atomic mass is 10.00. The van der Waals surface area contributed by atoms with E-state index in [0.717, 1.165) is 40.4 Å². The summed E-state index contributed by atoms with van der Waals surface area (Å²) in [5, 5.41) is 3.64. The van der Waals surface area contributed by atoms with Gasteiger partial charge in [0.15, 0.2) is 0 Å². The van der Waals surface area contributed by atoms with Crippen LogP contribution in [-0.4, -0.2) is 33.4 Å². The Hall–Kier alpha value is -2.51. The summed E-state index contributed by atoms with van der Waals surface area (Å²) in [5.41, 5.74) is 1.58. The number of fused-ring (bicyclic) bond motifs is 1. The highest BCUT2D eigenvalue weighted by atomic mass is 32.1. The summed E-state index contributed by atoms with van der Waals surface area (Å²) in [7, 11) is 0. The summed E-state index contributed by atoms with van der Waals surface area (Å²) in [5.74, 6) is -0.374. The fourth-order valence-electron chi connectivity index (χ4n) is 3.98. The first-order chi connectivity index (χ1) is 14.1. The number of amides is 1. The Morgan fingerprint density at radius 1 is 1.28 bits per heavy atom. The Bertz CT molecular complexity index is 1030. The molecule has 2 N–H and O–H groups in total. The molecule has 1 atom stereocenters. The zero-order chi connectivity index (χ0) is 20.2. The van der Waals surface area contributed by atoms with Crippen molar-refractivity contribution < 1.29 is 4.79 Å². The van der Waals surface area contributed by atoms with Gasteiger partial charge in [-0.1, -0.05) is 25.5 Å². The number of piperidine rings is 1. The number of carbonyl (C=O) groups excluding carboxylic acids is 1. The van der Waals surface area contributed by atoms with Crippen molar-refractivity contribution in [1.82, 2.24) is 20.2 Å². The maximum atomic E-state index is 12.5. The number of thiazole rings is 1. The average Bonchev–Trinajstić information content (AvgIpc) is 3.15. The first-order valence-electron chi connectivity index (χ1n) is 10.2. The quantitative estimate of drug-likeness (QED) is 0.650. The van der Waals surface area contributed by atoms with Crippen molar-refractivity contribution in [2.75, 3.05) is 6.54 Å². The molecule has 3 heterocycles. The van der Waals surface area contributed by atoms with Gasteiger partial charge in [-0.05, 0) is 50.1 Å². The van der Waals surface area contributed by atoms with E-state index in [0.29, 0.717) is 12.6 Å². The molecule has 1 saturated heterocycles. The van der Waals surface area contributed by atoms with Crippen molar-refractivity contribution in [3.63, 3.8) is 0 Å². The van der Waals surface area contributed by atoms with Crippen molar-refractivity contribution in [1.29, 1.82) is 0 Å². The molecule has 1 aliphatic heterocycles. The number of aromatic nitrogens is 2. The molecule has 3 aromatic rings. The van der Waals surface area contributed by atoms with Crippen LogP contribution in [0.3, 0.4) is 0 Å². The van der Waals surface area contributed by atoms with Crippen LogP contribution in [0.5, 0.6) is 0 Å². The van der Waals surface area contributed by atoms with Crippen LogP contribution in [0.25, 0.3) is 10.2 Å². The van der Waals surface area contributed by atoms with Crippen LogP contribution in [-0.2, 0) is 13.1 Å². The molecule has 1 amide bonds. The average molecular weight is 411 g/mol. The Morgan fingerprint density at radius 3 is 2.93 bits per heavy atom. The number of aromatic amines is 1. The van der Waals surface area contributed by atoms with Gasteiger partial charge in [-0.3, -0.25) is 14.5 Å². The number of H-pyrrole nitrogens is 1. The number of pyridine rings is 1. The molecule has 6 nitrogen and oxygen atoms in total. The zero-order valence-corrected chi connectivity index (χ0v) is 17.4. The van der Waals surface area contributed by atoms with Crippen LogP contribution in [0.2, 0.25) is 0 Å². The van der Waals surface area contributed by atoms with E-state index >= 15 is 0 Å². The number of likely N-dealkylation sites (tertiary alicyclic amines) is 1. The first kappa shape index (κ1) is 19.8. The second-order valence-electron chi connectivity index (χ2n) is 7.51. The summed E-state index contributed by atoms with van der Waals surface area (Å²) < 4.78 is 1.09. The predicted octanol–water partition coefficient (Wildman–Crippen LogP) is 3.68. The van der Waals surface area contributed by atoms with Crippen LogP contribution in [0.1, 0.15) is 53.7 Å². The highest BCUT2D eigenvalue weighted by Crippen LogP contribution is 2.22. The minimum Gasteiger partial charge on any atom is -0.345 e. The van der Waals surface area contributed by atoms with E-state index in [1.807, 2.05) is 30.3 Å². The molecule has 1 aromatic carbocycles. The third-order valence-corrected chi connectivity index (χ3v) is 6.58. The summed E-state index contributed by atoms with van der Waals surface area (Å²) in [6.45, 7) is 4.31. The summed E-state index contributed by atoms with van der Waals surface area (Å²) in [4.78, 5) is 34.8. The summed E-state index contributed by atoms with van der Waals surface area (Å²) >= 11 is 1.55. The lowest BCUT2D eigenvalue weighted by molar-refractivity contribution is 0.0949. The molecule has 0 bridgehead atoms. The van der Waals surface area contributed by atoms with E-state index in [2.05, 4.69) is 27.1 Å². The molecule has 29 heavy (non-hydrogen) atoms. The van der Waals surface area contributed by atoms with Crippen molar-refractivity contribution in [2.45, 2.75) is 51.7 Å². The zero-order valence-electron chi connectivity index (χ0n) is 16.6. The van der Waals surface area contributed by atoms with Crippen LogP contribution in [0, 0.1) is 0 Å². The number of nitrogens with zero attached hydrogens (tertiary/aromatic N) is 2. The second-order valence-corrected chi connectivity index (χ2v) is 8.63. The maximum absolute atomic E-state index is 12.5. The maximum Gasteiger partial charge on any atom is 0.261 e. The summed E-state index contributed by atoms with van der Waals surface area (Å²) in [6.07, 6.45) is 4.82. The fraction of sp³-hybridized carbons (Fsp3) is 0.409. The first-order valence-corrected chi connectivity index (χ1v) is 11.0. The van der Waals surface area contributed by atoms with E-state index in [4.69, 9.17) is 0 Å². The van der Waals surface area contributed by atoms with E-state index in [9.17, 15) is 9.59 Å². The van der Waals surface area contributed by atoms with Gasteiger partial charge < -0.3 is 10.3 Å². The van der Waals surface area contributed by atoms with Gasteiger partial charge in [0.25, 0.3) is 11.5 Å². The van der Waals surface area contributed by atoms with Gasteiger partial charge in [0, 0.05) is 18.3 Å². The molecule has 1 unspecified atom stereocenters. The molecule has 0 aliphatic carbocycles. The molecule has 0 radical (unpaired) electrons. The Balaban J connectivity index is 1.40. The van der Waals surface area contributed by atoms with E-state index < -0.39 is 0 Å². The molecule has 4 rings (SSSR count). The molecule has 7 heteroatoms. The van der Waals surface area contributed by atoms with Crippen molar-refractivity contribution in [3.05, 3.63) is 63.0 Å². The molecule has 1 aliphatic rings. The fourth-order valence-corrected chi connectivity index (χ4v) is 4.89. The molecular formula is C22H26N4O2S. The number of hydrogen-bond donors (Lipinski definition) is 2. The SMILES string of the molecule is CCC1CCCCN1Cc1ccc(C(=O)NCc2nc3ccccc3s2)c(=O)[nH]1. The monoisotopic (exact) mass is 410 g/mol. The van der Waals surface area contributed by atoms with Gasteiger partial charge in [0.05, 0.1) is 16.8 Å². The van der Waals surface area contributed by atoms with Crippen LogP contribution >= 0.6 is 11.3 Å².